The van der Waals surface area contributed by atoms with Crippen molar-refractivity contribution in [1.82, 2.24) is 15.1 Å². The monoisotopic (exact) mass is 427 g/mol. The first-order valence-electron chi connectivity index (χ1n) is 9.21. The minimum atomic E-state index is 0.0649. The van der Waals surface area contributed by atoms with Crippen LogP contribution in [0.25, 0.3) is 0 Å². The van der Waals surface area contributed by atoms with E-state index in [9.17, 15) is 4.79 Å². The summed E-state index contributed by atoms with van der Waals surface area (Å²) in [7, 11) is 5.85. The van der Waals surface area contributed by atoms with Crippen LogP contribution in [0.1, 0.15) is 11.1 Å². The Kier molecular flexibility index (Phi) is 7.11. The highest BCUT2D eigenvalue weighted by Gasteiger charge is 2.13. The van der Waals surface area contributed by atoms with Crippen LogP contribution in [0.5, 0.6) is 0 Å². The molecule has 0 spiro atoms. The Morgan fingerprint density at radius 3 is 2.55 bits per heavy atom. The molecular weight excluding hydrogens is 402 g/mol. The third-order valence-corrected chi connectivity index (χ3v) is 6.25. The Hall–Kier alpha value is -2.58. The van der Waals surface area contributed by atoms with Crippen molar-refractivity contribution >= 4 is 45.5 Å². The number of thioether (sulfide) groups is 1. The van der Waals surface area contributed by atoms with Crippen molar-refractivity contribution in [2.24, 2.45) is 0 Å². The Balaban J connectivity index is 1.49. The van der Waals surface area contributed by atoms with Crippen LogP contribution < -0.4 is 10.2 Å². The van der Waals surface area contributed by atoms with Crippen molar-refractivity contribution in [2.45, 2.75) is 17.8 Å². The number of rotatable bonds is 8. The molecule has 0 atom stereocenters. The predicted octanol–water partition coefficient (Wildman–Crippen LogP) is 4.41. The topological polar surface area (TPSA) is 61.4 Å². The van der Waals surface area contributed by atoms with Crippen LogP contribution >= 0.6 is 23.1 Å². The van der Waals surface area contributed by atoms with Gasteiger partial charge in [-0.15, -0.1) is 10.2 Å². The van der Waals surface area contributed by atoms with Crippen molar-refractivity contribution in [3.05, 3.63) is 59.7 Å². The average Bonchev–Trinajstić information content (AvgIpc) is 3.13. The summed E-state index contributed by atoms with van der Waals surface area (Å²) in [5, 5.41) is 12.3. The highest BCUT2D eigenvalue weighted by molar-refractivity contribution is 8.01. The summed E-state index contributed by atoms with van der Waals surface area (Å²) in [6.45, 7) is 2.63. The van der Waals surface area contributed by atoms with E-state index in [0.29, 0.717) is 12.3 Å². The molecular formula is C21H25N5OS2. The third kappa shape index (κ3) is 6.20. The second kappa shape index (κ2) is 9.76. The van der Waals surface area contributed by atoms with Gasteiger partial charge in [-0.05, 0) is 42.3 Å². The Bertz CT molecular complexity index is 956. The molecule has 1 heterocycles. The molecule has 2 aromatic carbocycles. The molecule has 3 aromatic rings. The number of aromatic nitrogens is 2. The van der Waals surface area contributed by atoms with E-state index in [0.717, 1.165) is 26.4 Å². The minimum absolute atomic E-state index is 0.0649. The molecule has 152 valence electrons. The van der Waals surface area contributed by atoms with E-state index in [1.165, 1.54) is 28.7 Å². The van der Waals surface area contributed by atoms with E-state index in [1.807, 2.05) is 46.3 Å². The highest BCUT2D eigenvalue weighted by atomic mass is 32.2. The second-order valence-corrected chi connectivity index (χ2v) is 9.17. The average molecular weight is 428 g/mol. The smallest absolute Gasteiger partial charge is 0.233 e. The molecule has 0 aliphatic heterocycles. The lowest BCUT2D eigenvalue weighted by atomic mass is 10.2. The quantitative estimate of drug-likeness (QED) is 0.538. The van der Waals surface area contributed by atoms with Crippen molar-refractivity contribution in [2.75, 3.05) is 37.1 Å². The molecule has 0 unspecified atom stereocenters. The van der Waals surface area contributed by atoms with Gasteiger partial charge < -0.3 is 15.1 Å². The number of hydrogen-bond donors (Lipinski definition) is 1. The fourth-order valence-electron chi connectivity index (χ4n) is 2.66. The number of nitrogens with one attached hydrogen (secondary N) is 1. The Labute approximate surface area is 180 Å². The molecule has 0 aliphatic carbocycles. The predicted molar refractivity (Wildman–Crippen MR) is 122 cm³/mol. The van der Waals surface area contributed by atoms with Crippen LogP contribution in [-0.4, -0.2) is 47.9 Å². The number of nitrogens with zero attached hydrogens (tertiary/aromatic N) is 4. The van der Waals surface area contributed by atoms with Gasteiger partial charge in [-0.2, -0.15) is 0 Å². The summed E-state index contributed by atoms with van der Waals surface area (Å²) in [4.78, 5) is 16.3. The standard InChI is InChI=1S/C21H25N5OS2/c1-15-6-5-7-17(12-15)22-20-23-24-21(29-20)28-14-19(27)26(4)13-16-8-10-18(11-9-16)25(2)3/h5-12H,13-14H2,1-4H3,(H,22,23). The summed E-state index contributed by atoms with van der Waals surface area (Å²) in [5.41, 5.74) is 4.41. The molecule has 6 nitrogen and oxygen atoms in total. The molecule has 0 aliphatic rings. The van der Waals surface area contributed by atoms with E-state index in [1.54, 1.807) is 4.90 Å². The van der Waals surface area contributed by atoms with Crippen LogP contribution in [0.3, 0.4) is 0 Å². The van der Waals surface area contributed by atoms with Gasteiger partial charge in [0.15, 0.2) is 4.34 Å². The summed E-state index contributed by atoms with van der Waals surface area (Å²) >= 11 is 2.87. The van der Waals surface area contributed by atoms with Crippen LogP contribution in [-0.2, 0) is 11.3 Å². The van der Waals surface area contributed by atoms with Gasteiger partial charge in [-0.1, -0.05) is 47.4 Å². The molecule has 1 amide bonds. The van der Waals surface area contributed by atoms with Gasteiger partial charge >= 0.3 is 0 Å². The Morgan fingerprint density at radius 2 is 1.86 bits per heavy atom. The number of benzene rings is 2. The van der Waals surface area contributed by atoms with Gasteiger partial charge in [-0.3, -0.25) is 4.79 Å². The molecule has 0 fully saturated rings. The number of aryl methyl sites for hydroxylation is 1. The van der Waals surface area contributed by atoms with Crippen molar-refractivity contribution in [3.8, 4) is 0 Å². The van der Waals surface area contributed by atoms with Crippen LogP contribution in [0, 0.1) is 6.92 Å². The van der Waals surface area contributed by atoms with Gasteiger partial charge in [0.2, 0.25) is 11.0 Å². The number of anilines is 3. The van der Waals surface area contributed by atoms with E-state index in [-0.39, 0.29) is 5.91 Å². The summed E-state index contributed by atoms with van der Waals surface area (Å²) in [5.74, 6) is 0.404. The van der Waals surface area contributed by atoms with Gasteiger partial charge in [0.05, 0.1) is 5.75 Å². The van der Waals surface area contributed by atoms with Gasteiger partial charge in [-0.25, -0.2) is 0 Å². The zero-order valence-corrected chi connectivity index (χ0v) is 18.7. The lowest BCUT2D eigenvalue weighted by molar-refractivity contribution is -0.127. The third-order valence-electron chi connectivity index (χ3n) is 4.29. The molecule has 3 rings (SSSR count). The summed E-state index contributed by atoms with van der Waals surface area (Å²) < 4.78 is 0.775. The maximum atomic E-state index is 12.5. The molecule has 0 radical (unpaired) electrons. The SMILES string of the molecule is Cc1cccc(Nc2nnc(SCC(=O)N(C)Cc3ccc(N(C)C)cc3)s2)c1. The Morgan fingerprint density at radius 1 is 1.10 bits per heavy atom. The number of carbonyl (C=O) groups excluding carboxylic acids is 1. The van der Waals surface area contributed by atoms with Crippen molar-refractivity contribution in [1.29, 1.82) is 0 Å². The van der Waals surface area contributed by atoms with Crippen LogP contribution in [0.4, 0.5) is 16.5 Å². The molecule has 0 saturated heterocycles. The molecule has 29 heavy (non-hydrogen) atoms. The van der Waals surface area contributed by atoms with E-state index in [2.05, 4.69) is 50.7 Å². The zero-order chi connectivity index (χ0) is 20.8. The van der Waals surface area contributed by atoms with Crippen molar-refractivity contribution < 1.29 is 4.79 Å². The first kappa shape index (κ1) is 21.1. The van der Waals surface area contributed by atoms with Crippen LogP contribution in [0.2, 0.25) is 0 Å². The second-order valence-electron chi connectivity index (χ2n) is 6.97. The summed E-state index contributed by atoms with van der Waals surface area (Å²) in [6.07, 6.45) is 0. The first-order valence-corrected chi connectivity index (χ1v) is 11.0. The van der Waals surface area contributed by atoms with Crippen LogP contribution in [0.15, 0.2) is 52.9 Å². The minimum Gasteiger partial charge on any atom is -0.378 e. The molecule has 1 N–H and O–H groups in total. The first-order chi connectivity index (χ1) is 13.9. The van der Waals surface area contributed by atoms with E-state index >= 15 is 0 Å². The van der Waals surface area contributed by atoms with Gasteiger partial charge in [0, 0.05) is 39.1 Å². The highest BCUT2D eigenvalue weighted by Crippen LogP contribution is 2.28. The maximum absolute atomic E-state index is 12.5. The molecule has 0 saturated carbocycles. The van der Waals surface area contributed by atoms with Gasteiger partial charge in [0.25, 0.3) is 0 Å². The summed E-state index contributed by atoms with van der Waals surface area (Å²) in [6, 6.07) is 16.3. The lowest BCUT2D eigenvalue weighted by Crippen LogP contribution is -2.27. The lowest BCUT2D eigenvalue weighted by Gasteiger charge is -2.18. The molecule has 0 bridgehead atoms. The van der Waals surface area contributed by atoms with Gasteiger partial charge in [0.1, 0.15) is 0 Å². The fraction of sp³-hybridized carbons (Fsp3) is 0.286. The van der Waals surface area contributed by atoms with Crippen molar-refractivity contribution in [3.63, 3.8) is 0 Å². The zero-order valence-electron chi connectivity index (χ0n) is 17.0. The maximum Gasteiger partial charge on any atom is 0.233 e. The normalized spacial score (nSPS) is 10.6. The van der Waals surface area contributed by atoms with E-state index < -0.39 is 0 Å². The largest absolute Gasteiger partial charge is 0.378 e. The van der Waals surface area contributed by atoms with E-state index in [4.69, 9.17) is 0 Å². The fourth-order valence-corrected chi connectivity index (χ4v) is 4.37. The number of amides is 1. The number of carbonyl (C=O) groups is 1. The molecule has 8 heteroatoms. The number of hydrogen-bond acceptors (Lipinski definition) is 7. The molecule has 1 aromatic heterocycles.